The number of amides is 2. The predicted molar refractivity (Wildman–Crippen MR) is 95.6 cm³/mol. The summed E-state index contributed by atoms with van der Waals surface area (Å²) in [4.78, 5) is 35.5. The zero-order valence-corrected chi connectivity index (χ0v) is 15.8. The molecule has 154 valence electrons. The van der Waals surface area contributed by atoms with Crippen LogP contribution in [0.4, 0.5) is 18.9 Å². The van der Waals surface area contributed by atoms with Gasteiger partial charge < -0.3 is 15.4 Å². The molecule has 0 spiro atoms. The molecule has 0 aromatic heterocycles. The number of hydrogen-bond donors (Lipinski definition) is 2. The van der Waals surface area contributed by atoms with Crippen LogP contribution >= 0.6 is 11.6 Å². The molecule has 2 rings (SSSR count). The van der Waals surface area contributed by atoms with E-state index in [1.165, 1.54) is 13.0 Å². The number of ether oxygens (including phenoxy) is 1. The molecular weight excluding hydrogens is 401 g/mol. The Bertz CT molecular complexity index is 749. The molecule has 1 atom stereocenters. The lowest BCUT2D eigenvalue weighted by Crippen LogP contribution is -2.46. The fraction of sp³-hybridized carbons (Fsp3) is 0.500. The maximum absolute atomic E-state index is 12.9. The quantitative estimate of drug-likeness (QED) is 0.689. The molecule has 10 heteroatoms. The van der Waals surface area contributed by atoms with Gasteiger partial charge in [0.2, 0.25) is 5.91 Å². The second kappa shape index (κ2) is 9.27. The van der Waals surface area contributed by atoms with Crippen molar-refractivity contribution in [2.24, 2.45) is 5.92 Å². The zero-order chi connectivity index (χ0) is 20.9. The van der Waals surface area contributed by atoms with Gasteiger partial charge in [-0.05, 0) is 37.0 Å². The van der Waals surface area contributed by atoms with Gasteiger partial charge in [-0.1, -0.05) is 24.4 Å². The first-order chi connectivity index (χ1) is 13.1. The minimum Gasteiger partial charge on any atom is -0.454 e. The summed E-state index contributed by atoms with van der Waals surface area (Å²) in [6.07, 6.45) is -1.27. The first-order valence-electron chi connectivity index (χ1n) is 8.68. The average Bonchev–Trinajstić information content (AvgIpc) is 3.12. The number of halogens is 4. The molecule has 2 amide bonds. The van der Waals surface area contributed by atoms with E-state index in [0.717, 1.165) is 31.7 Å². The van der Waals surface area contributed by atoms with Crippen molar-refractivity contribution in [3.63, 3.8) is 0 Å². The molecule has 1 fully saturated rings. The van der Waals surface area contributed by atoms with Gasteiger partial charge in [0.1, 0.15) is 6.04 Å². The van der Waals surface area contributed by atoms with Crippen molar-refractivity contribution in [1.82, 2.24) is 5.32 Å². The second-order valence-corrected chi connectivity index (χ2v) is 6.98. The van der Waals surface area contributed by atoms with Crippen LogP contribution in [0.25, 0.3) is 0 Å². The lowest BCUT2D eigenvalue weighted by molar-refractivity contribution is -0.152. The topological polar surface area (TPSA) is 84.5 Å². The first-order valence-corrected chi connectivity index (χ1v) is 9.06. The number of esters is 1. The smallest absolute Gasteiger partial charge is 0.417 e. The van der Waals surface area contributed by atoms with E-state index < -0.39 is 41.3 Å². The Balaban J connectivity index is 1.95. The number of hydrogen-bond acceptors (Lipinski definition) is 4. The van der Waals surface area contributed by atoms with E-state index in [1.54, 1.807) is 0 Å². The van der Waals surface area contributed by atoms with E-state index in [-0.39, 0.29) is 17.5 Å². The Kier molecular flexibility index (Phi) is 7.29. The number of alkyl halides is 3. The largest absolute Gasteiger partial charge is 0.454 e. The number of anilines is 1. The summed E-state index contributed by atoms with van der Waals surface area (Å²) >= 11 is 5.52. The molecule has 0 heterocycles. The van der Waals surface area contributed by atoms with Crippen LogP contribution in [-0.2, 0) is 25.3 Å². The molecule has 1 aromatic rings. The second-order valence-electron chi connectivity index (χ2n) is 6.57. The summed E-state index contributed by atoms with van der Waals surface area (Å²) < 4.78 is 43.5. The van der Waals surface area contributed by atoms with E-state index in [0.29, 0.717) is 6.07 Å². The maximum Gasteiger partial charge on any atom is 0.417 e. The molecule has 1 saturated carbocycles. The van der Waals surface area contributed by atoms with Crippen LogP contribution in [0.15, 0.2) is 18.2 Å². The number of rotatable bonds is 6. The molecule has 0 radical (unpaired) electrons. The Morgan fingerprint density at radius 2 is 1.89 bits per heavy atom. The van der Waals surface area contributed by atoms with Gasteiger partial charge in [0, 0.05) is 12.6 Å². The predicted octanol–water partition coefficient (Wildman–Crippen LogP) is 3.54. The highest BCUT2D eigenvalue weighted by Crippen LogP contribution is 2.36. The highest BCUT2D eigenvalue weighted by molar-refractivity contribution is 6.31. The minimum atomic E-state index is -4.67. The Hall–Kier alpha value is -2.29. The molecule has 1 unspecified atom stereocenters. The third-order valence-corrected chi connectivity index (χ3v) is 4.71. The SMILES string of the molecule is CC(=O)NC(C(=O)OCC(=O)Nc1ccc(Cl)c(C(F)(F)F)c1)C1CCCC1. The summed E-state index contributed by atoms with van der Waals surface area (Å²) in [7, 11) is 0. The van der Waals surface area contributed by atoms with Crippen molar-refractivity contribution in [1.29, 1.82) is 0 Å². The Labute approximate surface area is 164 Å². The van der Waals surface area contributed by atoms with Crippen LogP contribution in [0.2, 0.25) is 5.02 Å². The molecule has 0 saturated heterocycles. The number of benzene rings is 1. The van der Waals surface area contributed by atoms with Crippen molar-refractivity contribution in [2.75, 3.05) is 11.9 Å². The minimum absolute atomic E-state index is 0.0647. The van der Waals surface area contributed by atoms with E-state index in [1.807, 2.05) is 0 Å². The van der Waals surface area contributed by atoms with Gasteiger partial charge in [0.15, 0.2) is 6.61 Å². The van der Waals surface area contributed by atoms with Gasteiger partial charge in [-0.3, -0.25) is 9.59 Å². The van der Waals surface area contributed by atoms with Crippen molar-refractivity contribution in [3.05, 3.63) is 28.8 Å². The van der Waals surface area contributed by atoms with Gasteiger partial charge >= 0.3 is 12.1 Å². The van der Waals surface area contributed by atoms with E-state index in [4.69, 9.17) is 16.3 Å². The lowest BCUT2D eigenvalue weighted by Gasteiger charge is -2.22. The fourth-order valence-corrected chi connectivity index (χ4v) is 3.35. The molecule has 1 aliphatic carbocycles. The average molecular weight is 421 g/mol. The van der Waals surface area contributed by atoms with Crippen LogP contribution in [-0.4, -0.2) is 30.4 Å². The van der Waals surface area contributed by atoms with Crippen molar-refractivity contribution in [2.45, 2.75) is 44.8 Å². The third kappa shape index (κ3) is 6.12. The summed E-state index contributed by atoms with van der Waals surface area (Å²) in [6, 6.07) is 2.07. The monoisotopic (exact) mass is 420 g/mol. The van der Waals surface area contributed by atoms with Crippen LogP contribution < -0.4 is 10.6 Å². The molecule has 28 heavy (non-hydrogen) atoms. The standard InChI is InChI=1S/C18H20ClF3N2O4/c1-10(25)23-16(11-4-2-3-5-11)17(27)28-9-15(26)24-12-6-7-14(19)13(8-12)18(20,21)22/h6-8,11,16H,2-5,9H2,1H3,(H,23,25)(H,24,26). The number of carbonyl (C=O) groups excluding carboxylic acids is 3. The lowest BCUT2D eigenvalue weighted by atomic mass is 9.98. The van der Waals surface area contributed by atoms with Crippen LogP contribution in [0.3, 0.4) is 0 Å². The van der Waals surface area contributed by atoms with Crippen LogP contribution in [0.5, 0.6) is 0 Å². The Morgan fingerprint density at radius 3 is 2.46 bits per heavy atom. The number of nitrogens with one attached hydrogen (secondary N) is 2. The Morgan fingerprint density at radius 1 is 1.25 bits per heavy atom. The molecule has 1 aliphatic rings. The molecular formula is C18H20ClF3N2O4. The van der Waals surface area contributed by atoms with Crippen molar-refractivity contribution < 1.29 is 32.3 Å². The molecule has 0 aliphatic heterocycles. The summed E-state index contributed by atoms with van der Waals surface area (Å²) in [5, 5.41) is 4.27. The molecule has 2 N–H and O–H groups in total. The van der Waals surface area contributed by atoms with E-state index in [2.05, 4.69) is 10.6 Å². The highest BCUT2D eigenvalue weighted by Gasteiger charge is 2.34. The third-order valence-electron chi connectivity index (χ3n) is 4.38. The molecule has 6 nitrogen and oxygen atoms in total. The highest BCUT2D eigenvalue weighted by atomic mass is 35.5. The van der Waals surface area contributed by atoms with Crippen LogP contribution in [0.1, 0.15) is 38.2 Å². The maximum atomic E-state index is 12.9. The van der Waals surface area contributed by atoms with Gasteiger partial charge in [-0.15, -0.1) is 0 Å². The van der Waals surface area contributed by atoms with Gasteiger partial charge in [0.05, 0.1) is 10.6 Å². The summed E-state index contributed by atoms with van der Waals surface area (Å²) in [5.74, 6) is -2.01. The van der Waals surface area contributed by atoms with E-state index >= 15 is 0 Å². The first kappa shape index (κ1) is 22.0. The fourth-order valence-electron chi connectivity index (χ4n) is 3.12. The van der Waals surface area contributed by atoms with E-state index in [9.17, 15) is 27.6 Å². The van der Waals surface area contributed by atoms with Gasteiger partial charge in [-0.2, -0.15) is 13.2 Å². The van der Waals surface area contributed by atoms with Crippen molar-refractivity contribution >= 4 is 35.1 Å². The zero-order valence-electron chi connectivity index (χ0n) is 15.1. The van der Waals surface area contributed by atoms with Gasteiger partial charge in [0.25, 0.3) is 5.91 Å². The molecule has 1 aromatic carbocycles. The van der Waals surface area contributed by atoms with Crippen molar-refractivity contribution in [3.8, 4) is 0 Å². The normalized spacial score (nSPS) is 15.8. The summed E-state index contributed by atoms with van der Waals surface area (Å²) in [5.41, 5.74) is -1.22. The molecule has 0 bridgehead atoms. The van der Waals surface area contributed by atoms with Gasteiger partial charge in [-0.25, -0.2) is 4.79 Å². The number of carbonyl (C=O) groups is 3. The van der Waals surface area contributed by atoms with Crippen LogP contribution in [0, 0.1) is 5.92 Å². The summed E-state index contributed by atoms with van der Waals surface area (Å²) in [6.45, 7) is 0.590.